The third-order valence-electron chi connectivity index (χ3n) is 5.31. The molecule has 166 valence electrons. The molecule has 2 amide bonds. The van der Waals surface area contributed by atoms with Gasteiger partial charge in [-0.15, -0.1) is 0 Å². The quantitative estimate of drug-likeness (QED) is 0.668. The number of hydrogen-bond donors (Lipinski definition) is 1. The molecule has 1 fully saturated rings. The lowest BCUT2D eigenvalue weighted by Gasteiger charge is -2.36. The van der Waals surface area contributed by atoms with E-state index in [0.717, 1.165) is 19.6 Å². The first-order valence-corrected chi connectivity index (χ1v) is 10.8. The zero-order chi connectivity index (χ0) is 22.1. The number of carbonyl (C=O) groups is 2. The second-order valence-corrected chi connectivity index (χ2v) is 7.86. The van der Waals surface area contributed by atoms with E-state index in [2.05, 4.69) is 22.3 Å². The number of piperazine rings is 1. The number of amides is 2. The van der Waals surface area contributed by atoms with Gasteiger partial charge in [-0.05, 0) is 38.4 Å². The van der Waals surface area contributed by atoms with Gasteiger partial charge in [0.15, 0.2) is 0 Å². The SMILES string of the molecule is CN(C)CCOc1ccccc1C(=O)NCCC(=O)N1CCN(c2ccccc2)CC1. The van der Waals surface area contributed by atoms with Crippen LogP contribution in [0.15, 0.2) is 54.6 Å². The molecule has 31 heavy (non-hydrogen) atoms. The van der Waals surface area contributed by atoms with Gasteiger partial charge in [0.2, 0.25) is 5.91 Å². The highest BCUT2D eigenvalue weighted by Gasteiger charge is 2.21. The number of carbonyl (C=O) groups excluding carboxylic acids is 2. The molecule has 1 N–H and O–H groups in total. The Morgan fingerprint density at radius 3 is 2.35 bits per heavy atom. The van der Waals surface area contributed by atoms with E-state index in [1.807, 2.05) is 54.2 Å². The molecule has 0 bridgehead atoms. The third-order valence-corrected chi connectivity index (χ3v) is 5.31. The van der Waals surface area contributed by atoms with Crippen LogP contribution in [0.25, 0.3) is 0 Å². The van der Waals surface area contributed by atoms with Crippen molar-refractivity contribution < 1.29 is 14.3 Å². The fraction of sp³-hybridized carbons (Fsp3) is 0.417. The second kappa shape index (κ2) is 11.4. The van der Waals surface area contributed by atoms with Crippen molar-refractivity contribution in [2.24, 2.45) is 0 Å². The fourth-order valence-corrected chi connectivity index (χ4v) is 3.51. The minimum absolute atomic E-state index is 0.0727. The van der Waals surface area contributed by atoms with Gasteiger partial charge in [0, 0.05) is 51.4 Å². The van der Waals surface area contributed by atoms with E-state index in [-0.39, 0.29) is 11.8 Å². The molecule has 0 radical (unpaired) electrons. The average molecular weight is 425 g/mol. The van der Waals surface area contributed by atoms with Gasteiger partial charge in [0.1, 0.15) is 12.4 Å². The van der Waals surface area contributed by atoms with Crippen LogP contribution < -0.4 is 15.0 Å². The Balaban J connectivity index is 1.42. The summed E-state index contributed by atoms with van der Waals surface area (Å²) in [6.45, 7) is 4.61. The zero-order valence-electron chi connectivity index (χ0n) is 18.4. The lowest BCUT2D eigenvalue weighted by atomic mass is 10.2. The highest BCUT2D eigenvalue weighted by atomic mass is 16.5. The number of nitrogens with one attached hydrogen (secondary N) is 1. The van der Waals surface area contributed by atoms with E-state index in [0.29, 0.717) is 44.0 Å². The van der Waals surface area contributed by atoms with Crippen LogP contribution in [-0.4, -0.2) is 81.6 Å². The summed E-state index contributed by atoms with van der Waals surface area (Å²) in [6.07, 6.45) is 0.292. The number of rotatable bonds is 9. The number of benzene rings is 2. The number of ether oxygens (including phenoxy) is 1. The van der Waals surface area contributed by atoms with Gasteiger partial charge in [-0.2, -0.15) is 0 Å². The van der Waals surface area contributed by atoms with E-state index < -0.39 is 0 Å². The Bertz CT molecular complexity index is 849. The lowest BCUT2D eigenvalue weighted by molar-refractivity contribution is -0.131. The predicted octanol–water partition coefficient (Wildman–Crippen LogP) is 2.10. The van der Waals surface area contributed by atoms with Gasteiger partial charge < -0.3 is 24.8 Å². The number of hydrogen-bond acceptors (Lipinski definition) is 5. The Labute approximate surface area is 184 Å². The van der Waals surface area contributed by atoms with E-state index in [9.17, 15) is 9.59 Å². The van der Waals surface area contributed by atoms with Gasteiger partial charge in [-0.1, -0.05) is 30.3 Å². The van der Waals surface area contributed by atoms with Gasteiger partial charge in [0.25, 0.3) is 5.91 Å². The van der Waals surface area contributed by atoms with Crippen molar-refractivity contribution in [3.8, 4) is 5.75 Å². The second-order valence-electron chi connectivity index (χ2n) is 7.86. The van der Waals surface area contributed by atoms with Crippen LogP contribution in [0.4, 0.5) is 5.69 Å². The first-order valence-electron chi connectivity index (χ1n) is 10.8. The van der Waals surface area contributed by atoms with Gasteiger partial charge in [-0.3, -0.25) is 9.59 Å². The number of anilines is 1. The molecule has 0 aliphatic carbocycles. The summed E-state index contributed by atoms with van der Waals surface area (Å²) in [7, 11) is 3.95. The van der Waals surface area contributed by atoms with Crippen LogP contribution in [0.1, 0.15) is 16.8 Å². The first-order chi connectivity index (χ1) is 15.0. The Morgan fingerprint density at radius 2 is 1.65 bits per heavy atom. The molecule has 0 atom stereocenters. The smallest absolute Gasteiger partial charge is 0.255 e. The van der Waals surface area contributed by atoms with Crippen molar-refractivity contribution in [1.29, 1.82) is 0 Å². The third kappa shape index (κ3) is 6.72. The van der Waals surface area contributed by atoms with Gasteiger partial charge in [0.05, 0.1) is 5.56 Å². The Hall–Kier alpha value is -3.06. The molecule has 3 rings (SSSR count). The molecule has 1 aliphatic rings. The monoisotopic (exact) mass is 424 g/mol. The van der Waals surface area contributed by atoms with Crippen LogP contribution in [0, 0.1) is 0 Å². The number of nitrogens with zero attached hydrogens (tertiary/aromatic N) is 3. The van der Waals surface area contributed by atoms with Crippen molar-refractivity contribution in [1.82, 2.24) is 15.1 Å². The van der Waals surface area contributed by atoms with Gasteiger partial charge >= 0.3 is 0 Å². The van der Waals surface area contributed by atoms with E-state index >= 15 is 0 Å². The topological polar surface area (TPSA) is 65.1 Å². The largest absolute Gasteiger partial charge is 0.491 e. The van der Waals surface area contributed by atoms with Crippen LogP contribution in [0.5, 0.6) is 5.75 Å². The van der Waals surface area contributed by atoms with Crippen LogP contribution in [-0.2, 0) is 4.79 Å². The van der Waals surface area contributed by atoms with Crippen molar-refractivity contribution in [3.63, 3.8) is 0 Å². The molecule has 0 saturated carbocycles. The molecule has 7 heteroatoms. The van der Waals surface area contributed by atoms with Crippen LogP contribution in [0.2, 0.25) is 0 Å². The summed E-state index contributed by atoms with van der Waals surface area (Å²) >= 11 is 0. The minimum Gasteiger partial charge on any atom is -0.491 e. The maximum absolute atomic E-state index is 12.6. The van der Waals surface area contributed by atoms with E-state index in [1.165, 1.54) is 5.69 Å². The summed E-state index contributed by atoms with van der Waals surface area (Å²) < 4.78 is 5.76. The highest BCUT2D eigenvalue weighted by Crippen LogP contribution is 2.18. The standard InChI is InChI=1S/C24H32N4O3/c1-26(2)18-19-31-22-11-7-6-10-21(22)24(30)25-13-12-23(29)28-16-14-27(15-17-28)20-8-4-3-5-9-20/h3-11H,12-19H2,1-2H3,(H,25,30). The lowest BCUT2D eigenvalue weighted by Crippen LogP contribution is -2.49. The summed E-state index contributed by atoms with van der Waals surface area (Å²) in [5.74, 6) is 0.413. The van der Waals surface area contributed by atoms with Crippen molar-refractivity contribution >= 4 is 17.5 Å². The first kappa shape index (κ1) is 22.6. The summed E-state index contributed by atoms with van der Waals surface area (Å²) in [5.41, 5.74) is 1.68. The van der Waals surface area contributed by atoms with Crippen molar-refractivity contribution in [3.05, 3.63) is 60.2 Å². The molecule has 2 aromatic rings. The fourth-order valence-electron chi connectivity index (χ4n) is 3.51. The molecule has 0 unspecified atom stereocenters. The minimum atomic E-state index is -0.220. The maximum atomic E-state index is 12.6. The van der Waals surface area contributed by atoms with E-state index in [1.54, 1.807) is 12.1 Å². The molecular weight excluding hydrogens is 392 g/mol. The molecule has 0 aromatic heterocycles. The summed E-state index contributed by atoms with van der Waals surface area (Å²) in [5, 5.41) is 2.86. The van der Waals surface area contributed by atoms with Crippen molar-refractivity contribution in [2.75, 3.05) is 64.9 Å². The van der Waals surface area contributed by atoms with Crippen LogP contribution >= 0.6 is 0 Å². The Morgan fingerprint density at radius 1 is 0.968 bits per heavy atom. The number of likely N-dealkylation sites (N-methyl/N-ethyl adjacent to an activating group) is 1. The molecule has 2 aromatic carbocycles. The Kier molecular flexibility index (Phi) is 8.29. The highest BCUT2D eigenvalue weighted by molar-refractivity contribution is 5.97. The average Bonchev–Trinajstić information content (AvgIpc) is 2.79. The number of para-hydroxylation sites is 2. The summed E-state index contributed by atoms with van der Waals surface area (Å²) in [6, 6.07) is 17.4. The molecule has 1 aliphatic heterocycles. The molecule has 7 nitrogen and oxygen atoms in total. The molecule has 1 heterocycles. The maximum Gasteiger partial charge on any atom is 0.255 e. The predicted molar refractivity (Wildman–Crippen MR) is 123 cm³/mol. The zero-order valence-corrected chi connectivity index (χ0v) is 18.4. The molecular formula is C24H32N4O3. The van der Waals surface area contributed by atoms with Crippen LogP contribution in [0.3, 0.4) is 0 Å². The summed E-state index contributed by atoms with van der Waals surface area (Å²) in [4.78, 5) is 31.3. The normalized spacial score (nSPS) is 13.9. The van der Waals surface area contributed by atoms with Gasteiger partial charge in [-0.25, -0.2) is 0 Å². The molecule has 0 spiro atoms. The van der Waals surface area contributed by atoms with E-state index in [4.69, 9.17) is 4.74 Å². The van der Waals surface area contributed by atoms with Crippen molar-refractivity contribution in [2.45, 2.75) is 6.42 Å². The molecule has 1 saturated heterocycles.